The first-order chi connectivity index (χ1) is 16.6. The van der Waals surface area contributed by atoms with Crippen molar-refractivity contribution in [2.24, 2.45) is 0 Å². The van der Waals surface area contributed by atoms with E-state index in [1.165, 1.54) is 18.2 Å². The summed E-state index contributed by atoms with van der Waals surface area (Å²) >= 11 is 1.63. The van der Waals surface area contributed by atoms with Gasteiger partial charge in [0, 0.05) is 44.5 Å². The summed E-state index contributed by atoms with van der Waals surface area (Å²) in [6.45, 7) is 1.86. The fraction of sp³-hybridized carbons (Fsp3) is 0.292. The van der Waals surface area contributed by atoms with Crippen LogP contribution in [0.3, 0.4) is 0 Å². The molecule has 1 aliphatic heterocycles. The molecule has 2 aromatic carbocycles. The molecule has 2 aromatic heterocycles. The molecule has 2 amide bonds. The summed E-state index contributed by atoms with van der Waals surface area (Å²) in [6.07, 6.45) is 1.63. The Hall–Kier alpha value is -3.66. The van der Waals surface area contributed by atoms with Gasteiger partial charge in [0.1, 0.15) is 11.6 Å². The number of fused-ring (bicyclic) bond motifs is 2. The normalized spacial score (nSPS) is 13.5. The van der Waals surface area contributed by atoms with E-state index in [4.69, 9.17) is 0 Å². The molecule has 0 aliphatic carbocycles. The fourth-order valence-electron chi connectivity index (χ4n) is 4.05. The van der Waals surface area contributed by atoms with Crippen molar-refractivity contribution in [3.05, 3.63) is 76.6 Å². The number of hydrogen-bond donors (Lipinski definition) is 1. The molecule has 1 aliphatic rings. The van der Waals surface area contributed by atoms with Gasteiger partial charge in [0.25, 0.3) is 5.91 Å². The highest BCUT2D eigenvalue weighted by Gasteiger charge is 2.22. The molecule has 0 saturated carbocycles. The third-order valence-electron chi connectivity index (χ3n) is 5.84. The SMILES string of the molecule is O=C(NCc1nnc2n1CCN(C(=O)CCc1nc3ccccc3s1)CC2)c1cccc(F)c1. The second-order valence-electron chi connectivity index (χ2n) is 8.08. The molecule has 0 bridgehead atoms. The van der Waals surface area contributed by atoms with Crippen molar-refractivity contribution in [2.45, 2.75) is 32.4 Å². The topological polar surface area (TPSA) is 93.0 Å². The number of benzene rings is 2. The lowest BCUT2D eigenvalue weighted by atomic mass is 10.2. The van der Waals surface area contributed by atoms with E-state index in [1.54, 1.807) is 17.4 Å². The number of thiazole rings is 1. The molecule has 174 valence electrons. The lowest BCUT2D eigenvalue weighted by Gasteiger charge is -2.20. The molecule has 4 aromatic rings. The molecule has 0 spiro atoms. The van der Waals surface area contributed by atoms with Gasteiger partial charge in [-0.05, 0) is 30.3 Å². The van der Waals surface area contributed by atoms with Crippen molar-refractivity contribution in [1.29, 1.82) is 0 Å². The summed E-state index contributed by atoms with van der Waals surface area (Å²) in [5.74, 6) is 0.660. The number of carbonyl (C=O) groups is 2. The molecular formula is C24H23FN6O2S. The summed E-state index contributed by atoms with van der Waals surface area (Å²) in [5, 5.41) is 12.2. The maximum absolute atomic E-state index is 13.4. The van der Waals surface area contributed by atoms with E-state index in [9.17, 15) is 14.0 Å². The van der Waals surface area contributed by atoms with Crippen LogP contribution >= 0.6 is 11.3 Å². The van der Waals surface area contributed by atoms with E-state index in [0.29, 0.717) is 44.7 Å². The van der Waals surface area contributed by atoms with Crippen LogP contribution in [-0.4, -0.2) is 49.6 Å². The molecule has 34 heavy (non-hydrogen) atoms. The average Bonchev–Trinajstić information content (AvgIpc) is 3.38. The number of nitrogens with zero attached hydrogens (tertiary/aromatic N) is 5. The predicted octanol–water partition coefficient (Wildman–Crippen LogP) is 2.97. The number of carbonyl (C=O) groups excluding carboxylic acids is 2. The second kappa shape index (κ2) is 9.68. The van der Waals surface area contributed by atoms with Crippen LogP contribution in [0.15, 0.2) is 48.5 Å². The smallest absolute Gasteiger partial charge is 0.251 e. The van der Waals surface area contributed by atoms with E-state index in [2.05, 4.69) is 20.5 Å². The van der Waals surface area contributed by atoms with Crippen molar-refractivity contribution >= 4 is 33.4 Å². The minimum Gasteiger partial charge on any atom is -0.345 e. The summed E-state index contributed by atoms with van der Waals surface area (Å²) in [6, 6.07) is 13.5. The van der Waals surface area contributed by atoms with Crippen LogP contribution in [-0.2, 0) is 30.7 Å². The van der Waals surface area contributed by atoms with Gasteiger partial charge in [-0.3, -0.25) is 9.59 Å². The van der Waals surface area contributed by atoms with Gasteiger partial charge in [0.2, 0.25) is 5.91 Å². The highest BCUT2D eigenvalue weighted by Crippen LogP contribution is 2.23. The third kappa shape index (κ3) is 4.81. The minimum atomic E-state index is -0.461. The number of aromatic nitrogens is 4. The number of aryl methyl sites for hydroxylation is 1. The van der Waals surface area contributed by atoms with E-state index in [0.717, 1.165) is 21.0 Å². The Morgan fingerprint density at radius 1 is 1.06 bits per heavy atom. The van der Waals surface area contributed by atoms with Crippen LogP contribution in [0.5, 0.6) is 0 Å². The largest absolute Gasteiger partial charge is 0.345 e. The Labute approximate surface area is 199 Å². The van der Waals surface area contributed by atoms with Gasteiger partial charge >= 0.3 is 0 Å². The van der Waals surface area contributed by atoms with Gasteiger partial charge in [-0.25, -0.2) is 9.37 Å². The standard InChI is InChI=1S/C24H23FN6O2S/c25-17-5-3-4-16(14-17)24(33)26-15-21-29-28-20-10-11-30(12-13-31(20)21)23(32)9-8-22-27-18-6-1-2-7-19(18)34-22/h1-7,14H,8-13,15H2,(H,26,33). The lowest BCUT2D eigenvalue weighted by molar-refractivity contribution is -0.131. The van der Waals surface area contributed by atoms with Crippen LogP contribution in [0.4, 0.5) is 4.39 Å². The summed E-state index contributed by atoms with van der Waals surface area (Å²) in [5.41, 5.74) is 1.22. The molecule has 8 nitrogen and oxygen atoms in total. The number of para-hydroxylation sites is 1. The summed E-state index contributed by atoms with van der Waals surface area (Å²) in [4.78, 5) is 31.7. The molecule has 10 heteroatoms. The van der Waals surface area contributed by atoms with Gasteiger partial charge in [-0.2, -0.15) is 0 Å². The quantitative estimate of drug-likeness (QED) is 0.460. The van der Waals surface area contributed by atoms with Crippen LogP contribution in [0.2, 0.25) is 0 Å². The van der Waals surface area contributed by atoms with Crippen molar-refractivity contribution in [3.63, 3.8) is 0 Å². The number of nitrogens with one attached hydrogen (secondary N) is 1. The van der Waals surface area contributed by atoms with Crippen molar-refractivity contribution < 1.29 is 14.0 Å². The Morgan fingerprint density at radius 3 is 2.79 bits per heavy atom. The molecule has 1 N–H and O–H groups in total. The first kappa shape index (κ1) is 22.1. The maximum Gasteiger partial charge on any atom is 0.251 e. The Balaban J connectivity index is 1.16. The van der Waals surface area contributed by atoms with Crippen molar-refractivity contribution in [1.82, 2.24) is 30.0 Å². The predicted molar refractivity (Wildman–Crippen MR) is 126 cm³/mol. The first-order valence-electron chi connectivity index (χ1n) is 11.1. The summed E-state index contributed by atoms with van der Waals surface area (Å²) in [7, 11) is 0. The van der Waals surface area contributed by atoms with Gasteiger partial charge in [0.15, 0.2) is 5.82 Å². The van der Waals surface area contributed by atoms with Crippen LogP contribution in [0.1, 0.15) is 33.4 Å². The zero-order valence-electron chi connectivity index (χ0n) is 18.4. The van der Waals surface area contributed by atoms with E-state index in [1.807, 2.05) is 33.7 Å². The molecule has 0 saturated heterocycles. The average molecular weight is 479 g/mol. The first-order valence-corrected chi connectivity index (χ1v) is 12.0. The molecule has 3 heterocycles. The van der Waals surface area contributed by atoms with E-state index < -0.39 is 5.82 Å². The Morgan fingerprint density at radius 2 is 1.94 bits per heavy atom. The van der Waals surface area contributed by atoms with E-state index in [-0.39, 0.29) is 23.9 Å². The zero-order chi connectivity index (χ0) is 23.5. The molecule has 0 unspecified atom stereocenters. The highest BCUT2D eigenvalue weighted by molar-refractivity contribution is 7.18. The monoisotopic (exact) mass is 478 g/mol. The van der Waals surface area contributed by atoms with Crippen molar-refractivity contribution in [2.75, 3.05) is 13.1 Å². The van der Waals surface area contributed by atoms with Gasteiger partial charge in [0.05, 0.1) is 21.8 Å². The van der Waals surface area contributed by atoms with Crippen LogP contribution in [0, 0.1) is 5.82 Å². The number of rotatable bonds is 6. The minimum absolute atomic E-state index is 0.0962. The number of halogens is 1. The molecule has 0 radical (unpaired) electrons. The highest BCUT2D eigenvalue weighted by atomic mass is 32.1. The zero-order valence-corrected chi connectivity index (χ0v) is 19.2. The maximum atomic E-state index is 13.4. The third-order valence-corrected chi connectivity index (χ3v) is 6.94. The van der Waals surface area contributed by atoms with E-state index >= 15 is 0 Å². The molecule has 0 fully saturated rings. The number of amides is 2. The van der Waals surface area contributed by atoms with Gasteiger partial charge < -0.3 is 14.8 Å². The lowest BCUT2D eigenvalue weighted by Crippen LogP contribution is -2.34. The van der Waals surface area contributed by atoms with Gasteiger partial charge in [-0.1, -0.05) is 18.2 Å². The van der Waals surface area contributed by atoms with Crippen LogP contribution in [0.25, 0.3) is 10.2 Å². The molecule has 0 atom stereocenters. The van der Waals surface area contributed by atoms with Crippen LogP contribution < -0.4 is 5.32 Å². The Kier molecular flexibility index (Phi) is 6.31. The Bertz CT molecular complexity index is 1320. The van der Waals surface area contributed by atoms with Gasteiger partial charge in [-0.15, -0.1) is 21.5 Å². The second-order valence-corrected chi connectivity index (χ2v) is 9.20. The molecular weight excluding hydrogens is 455 g/mol. The summed E-state index contributed by atoms with van der Waals surface area (Å²) < 4.78 is 16.5. The fourth-order valence-corrected chi connectivity index (χ4v) is 5.02. The molecule has 5 rings (SSSR count). The van der Waals surface area contributed by atoms with Crippen molar-refractivity contribution in [3.8, 4) is 0 Å². The number of hydrogen-bond acceptors (Lipinski definition) is 6.